The molecule has 1 unspecified atom stereocenters. The summed E-state index contributed by atoms with van der Waals surface area (Å²) in [6, 6.07) is 16.0. The van der Waals surface area contributed by atoms with Gasteiger partial charge in [-0.2, -0.15) is 0 Å². The molecule has 180 valence electrons. The Kier molecular flexibility index (Phi) is 5.69. The van der Waals surface area contributed by atoms with E-state index in [-0.39, 0.29) is 5.91 Å². The fourth-order valence-electron chi connectivity index (χ4n) is 4.53. The molecule has 10 heteroatoms. The average Bonchev–Trinajstić information content (AvgIpc) is 3.45. The zero-order valence-corrected chi connectivity index (χ0v) is 21.1. The number of carbonyl (C=O) groups is 2. The largest absolute Gasteiger partial charge is 0.465 e. The van der Waals surface area contributed by atoms with Crippen LogP contribution in [-0.4, -0.2) is 44.4 Å². The normalized spacial score (nSPS) is 13.3. The molecule has 0 aliphatic heterocycles. The number of aryl methyl sites for hydroxylation is 1. The minimum absolute atomic E-state index is 0.252. The molecule has 36 heavy (non-hydrogen) atoms. The molecule has 5 aromatic rings. The Labute approximate surface area is 214 Å². The van der Waals surface area contributed by atoms with Crippen LogP contribution in [0.1, 0.15) is 28.4 Å². The molecular formula is C26H21N5O3S2. The van der Waals surface area contributed by atoms with Gasteiger partial charge >= 0.3 is 5.97 Å². The minimum Gasteiger partial charge on any atom is -0.465 e. The van der Waals surface area contributed by atoms with E-state index in [4.69, 9.17) is 4.74 Å². The molecule has 0 radical (unpaired) electrons. The van der Waals surface area contributed by atoms with Crippen molar-refractivity contribution in [1.29, 1.82) is 0 Å². The van der Waals surface area contributed by atoms with Crippen LogP contribution >= 0.6 is 23.1 Å². The van der Waals surface area contributed by atoms with Crippen molar-refractivity contribution in [3.8, 4) is 10.4 Å². The first-order valence-electron chi connectivity index (χ1n) is 11.4. The number of nitrogens with one attached hydrogen (secondary N) is 2. The number of aromatic nitrogens is 4. The smallest absolute Gasteiger partial charge is 0.341 e. The lowest BCUT2D eigenvalue weighted by Crippen LogP contribution is -2.23. The molecule has 6 rings (SSSR count). The number of ether oxygens (including phenoxy) is 1. The summed E-state index contributed by atoms with van der Waals surface area (Å²) in [4.78, 5) is 34.7. The lowest BCUT2D eigenvalue weighted by molar-refractivity contribution is -0.115. The highest BCUT2D eigenvalue weighted by Crippen LogP contribution is 2.45. The van der Waals surface area contributed by atoms with Crippen molar-refractivity contribution in [2.24, 2.45) is 0 Å². The molecule has 0 spiro atoms. The van der Waals surface area contributed by atoms with Crippen LogP contribution in [0.25, 0.3) is 32.5 Å². The fraction of sp³-hybridized carbons (Fsp3) is 0.192. The Morgan fingerprint density at radius 1 is 1.11 bits per heavy atom. The van der Waals surface area contributed by atoms with Gasteiger partial charge < -0.3 is 15.0 Å². The van der Waals surface area contributed by atoms with Crippen molar-refractivity contribution in [2.75, 3.05) is 12.4 Å². The Bertz CT molecular complexity index is 1660. The van der Waals surface area contributed by atoms with E-state index in [0.29, 0.717) is 26.9 Å². The van der Waals surface area contributed by atoms with Crippen molar-refractivity contribution in [3.63, 3.8) is 0 Å². The van der Waals surface area contributed by atoms with E-state index in [9.17, 15) is 9.59 Å². The number of H-pyrrole nitrogens is 1. The number of aromatic amines is 1. The molecular weight excluding hydrogens is 494 g/mol. The SMILES string of the molecule is COC(=O)c1c(NC(=O)C(C)Sc2nnc3c(n2)[nH]c2ccccc23)sc2c1CCc1ccccc1-2. The summed E-state index contributed by atoms with van der Waals surface area (Å²) in [6.07, 6.45) is 1.56. The zero-order valence-electron chi connectivity index (χ0n) is 19.5. The second-order valence-electron chi connectivity index (χ2n) is 8.47. The van der Waals surface area contributed by atoms with Gasteiger partial charge in [0.2, 0.25) is 11.1 Å². The van der Waals surface area contributed by atoms with Crippen molar-refractivity contribution in [3.05, 3.63) is 65.2 Å². The number of benzene rings is 2. The number of thioether (sulfide) groups is 1. The number of esters is 1. The molecule has 1 atom stereocenters. The van der Waals surface area contributed by atoms with Gasteiger partial charge in [0.05, 0.1) is 17.9 Å². The van der Waals surface area contributed by atoms with Crippen LogP contribution in [-0.2, 0) is 22.4 Å². The van der Waals surface area contributed by atoms with E-state index in [1.807, 2.05) is 36.4 Å². The van der Waals surface area contributed by atoms with Gasteiger partial charge in [-0.05, 0) is 42.5 Å². The Hall–Kier alpha value is -3.76. The molecule has 1 amide bonds. The van der Waals surface area contributed by atoms with E-state index >= 15 is 0 Å². The van der Waals surface area contributed by atoms with Crippen molar-refractivity contribution in [1.82, 2.24) is 20.2 Å². The number of fused-ring (bicyclic) bond motifs is 6. The Morgan fingerprint density at radius 2 is 1.92 bits per heavy atom. The maximum absolute atomic E-state index is 13.2. The van der Waals surface area contributed by atoms with Gasteiger partial charge in [-0.15, -0.1) is 21.5 Å². The van der Waals surface area contributed by atoms with Gasteiger partial charge in [0.15, 0.2) is 5.65 Å². The summed E-state index contributed by atoms with van der Waals surface area (Å²) in [5, 5.41) is 12.8. The van der Waals surface area contributed by atoms with Crippen LogP contribution in [0.15, 0.2) is 53.7 Å². The maximum atomic E-state index is 13.2. The van der Waals surface area contributed by atoms with Gasteiger partial charge in [0, 0.05) is 15.8 Å². The number of hydrogen-bond donors (Lipinski definition) is 2. The van der Waals surface area contributed by atoms with Crippen molar-refractivity contribution in [2.45, 2.75) is 30.2 Å². The monoisotopic (exact) mass is 515 g/mol. The van der Waals surface area contributed by atoms with Gasteiger partial charge in [-0.25, -0.2) is 9.78 Å². The summed E-state index contributed by atoms with van der Waals surface area (Å²) in [5.41, 5.74) is 5.95. The quantitative estimate of drug-likeness (QED) is 0.243. The highest BCUT2D eigenvalue weighted by Gasteiger charge is 2.30. The minimum atomic E-state index is -0.523. The summed E-state index contributed by atoms with van der Waals surface area (Å²) in [6.45, 7) is 1.78. The fourth-order valence-corrected chi connectivity index (χ4v) is 6.54. The first-order chi connectivity index (χ1) is 17.5. The third-order valence-electron chi connectivity index (χ3n) is 6.29. The van der Waals surface area contributed by atoms with Crippen LogP contribution in [0, 0.1) is 0 Å². The molecule has 3 aromatic heterocycles. The van der Waals surface area contributed by atoms with E-state index in [1.54, 1.807) is 6.92 Å². The van der Waals surface area contributed by atoms with Crippen molar-refractivity contribution >= 4 is 62.0 Å². The second kappa shape index (κ2) is 9.03. The molecule has 0 bridgehead atoms. The van der Waals surface area contributed by atoms with Crippen LogP contribution in [0.2, 0.25) is 0 Å². The first kappa shape index (κ1) is 22.7. The topological polar surface area (TPSA) is 110 Å². The van der Waals surface area contributed by atoms with Gasteiger partial charge in [0.1, 0.15) is 10.5 Å². The molecule has 0 saturated carbocycles. The molecule has 0 fully saturated rings. The van der Waals surface area contributed by atoms with Crippen molar-refractivity contribution < 1.29 is 14.3 Å². The van der Waals surface area contributed by atoms with E-state index in [2.05, 4.69) is 37.6 Å². The lowest BCUT2D eigenvalue weighted by Gasteiger charge is -2.16. The third kappa shape index (κ3) is 3.82. The molecule has 1 aliphatic rings. The number of amides is 1. The molecule has 0 saturated heterocycles. The number of hydrogen-bond acceptors (Lipinski definition) is 8. The van der Waals surface area contributed by atoms with Gasteiger partial charge in [-0.3, -0.25) is 4.79 Å². The molecule has 2 aromatic carbocycles. The standard InChI is InChI=1S/C26H21N5O3S2/c1-13(35-26-28-22-20(30-31-26)16-9-5-6-10-18(16)27-22)23(32)29-24-19(25(33)34-2)17-12-11-14-7-3-4-8-15(14)21(17)36-24/h3-10,13H,11-12H2,1-2H3,(H,29,32)(H,27,28,31). The number of para-hydroxylation sites is 1. The Morgan fingerprint density at radius 3 is 2.78 bits per heavy atom. The summed E-state index contributed by atoms with van der Waals surface area (Å²) in [7, 11) is 1.36. The third-order valence-corrected chi connectivity index (χ3v) is 8.43. The highest BCUT2D eigenvalue weighted by molar-refractivity contribution is 8.00. The lowest BCUT2D eigenvalue weighted by atomic mass is 9.89. The zero-order chi connectivity index (χ0) is 24.8. The Balaban J connectivity index is 1.27. The number of anilines is 1. The van der Waals surface area contributed by atoms with Gasteiger partial charge in [-0.1, -0.05) is 54.2 Å². The van der Waals surface area contributed by atoms with Crippen LogP contribution in [0.3, 0.4) is 0 Å². The van der Waals surface area contributed by atoms with Crippen LogP contribution < -0.4 is 5.32 Å². The predicted molar refractivity (Wildman–Crippen MR) is 142 cm³/mol. The number of rotatable bonds is 5. The highest BCUT2D eigenvalue weighted by atomic mass is 32.2. The molecule has 1 aliphatic carbocycles. The maximum Gasteiger partial charge on any atom is 0.341 e. The second-order valence-corrected chi connectivity index (χ2v) is 10.8. The van der Waals surface area contributed by atoms with E-state index in [0.717, 1.165) is 39.7 Å². The van der Waals surface area contributed by atoms with Crippen LogP contribution in [0.5, 0.6) is 0 Å². The molecule has 2 N–H and O–H groups in total. The predicted octanol–water partition coefficient (Wildman–Crippen LogP) is 5.24. The number of carbonyl (C=O) groups excluding carboxylic acids is 2. The number of thiophene rings is 1. The summed E-state index contributed by atoms with van der Waals surface area (Å²) in [5.74, 6) is -0.698. The van der Waals surface area contributed by atoms with E-state index < -0.39 is 11.2 Å². The molecule has 8 nitrogen and oxygen atoms in total. The number of methoxy groups -OCH3 is 1. The molecule has 3 heterocycles. The van der Waals surface area contributed by atoms with E-state index in [1.165, 1.54) is 35.8 Å². The number of nitrogens with zero attached hydrogens (tertiary/aromatic N) is 3. The summed E-state index contributed by atoms with van der Waals surface area (Å²) >= 11 is 2.62. The summed E-state index contributed by atoms with van der Waals surface area (Å²) < 4.78 is 5.07. The first-order valence-corrected chi connectivity index (χ1v) is 13.1. The van der Waals surface area contributed by atoms with Gasteiger partial charge in [0.25, 0.3) is 0 Å². The van der Waals surface area contributed by atoms with Crippen LogP contribution in [0.4, 0.5) is 5.00 Å². The average molecular weight is 516 g/mol.